The Hall–Kier alpha value is -2.12. The highest BCUT2D eigenvalue weighted by molar-refractivity contribution is 7.89. The van der Waals surface area contributed by atoms with E-state index in [-0.39, 0.29) is 10.8 Å². The Balaban J connectivity index is 2.33. The van der Waals surface area contributed by atoms with Gasteiger partial charge in [0.2, 0.25) is 10.0 Å². The smallest absolute Gasteiger partial charge is 0.272 e. The van der Waals surface area contributed by atoms with E-state index in [4.69, 9.17) is 0 Å². The minimum Gasteiger partial charge on any atom is -0.347 e. The molecule has 0 unspecified atom stereocenters. The first-order valence-electron chi connectivity index (χ1n) is 6.32. The molecule has 112 valence electrons. The summed E-state index contributed by atoms with van der Waals surface area (Å²) in [6, 6.07) is 8.23. The van der Waals surface area contributed by atoms with Crippen LogP contribution in [0.5, 0.6) is 0 Å². The molecule has 0 aliphatic rings. The third-order valence-corrected chi connectivity index (χ3v) is 4.74. The number of anilines is 1. The zero-order chi connectivity index (χ0) is 15.6. The Labute approximate surface area is 123 Å². The van der Waals surface area contributed by atoms with Gasteiger partial charge >= 0.3 is 0 Å². The van der Waals surface area contributed by atoms with E-state index >= 15 is 0 Å². The molecule has 1 heterocycles. The number of hydrogen-bond acceptors (Lipinski definition) is 3. The molecule has 0 saturated carbocycles. The first-order valence-corrected chi connectivity index (χ1v) is 7.80. The Morgan fingerprint density at radius 2 is 1.95 bits per heavy atom. The van der Waals surface area contributed by atoms with Crippen LogP contribution in [-0.2, 0) is 17.1 Å². The van der Waals surface area contributed by atoms with Gasteiger partial charge in [0.15, 0.2) is 0 Å². The van der Waals surface area contributed by atoms with Crippen LogP contribution < -0.4 is 10.0 Å². The maximum Gasteiger partial charge on any atom is 0.272 e. The summed E-state index contributed by atoms with van der Waals surface area (Å²) in [6.07, 6.45) is 1.76. The molecule has 2 aromatic rings. The molecule has 0 fully saturated rings. The molecule has 1 aromatic heterocycles. The monoisotopic (exact) mass is 307 g/mol. The van der Waals surface area contributed by atoms with Crippen LogP contribution in [0.25, 0.3) is 0 Å². The van der Waals surface area contributed by atoms with Crippen molar-refractivity contribution in [3.05, 3.63) is 47.8 Å². The second kappa shape index (κ2) is 5.71. The lowest BCUT2D eigenvalue weighted by molar-refractivity contribution is 0.101. The van der Waals surface area contributed by atoms with Crippen molar-refractivity contribution in [1.82, 2.24) is 9.29 Å². The molecule has 0 aliphatic carbocycles. The second-order valence-electron chi connectivity index (χ2n) is 4.65. The Kier molecular flexibility index (Phi) is 4.15. The van der Waals surface area contributed by atoms with Crippen LogP contribution in [0.4, 0.5) is 5.69 Å². The van der Waals surface area contributed by atoms with Gasteiger partial charge in [-0.1, -0.05) is 6.07 Å². The predicted molar refractivity (Wildman–Crippen MR) is 80.8 cm³/mol. The van der Waals surface area contributed by atoms with E-state index in [0.29, 0.717) is 16.9 Å². The van der Waals surface area contributed by atoms with Gasteiger partial charge < -0.3 is 9.88 Å². The molecular weight excluding hydrogens is 290 g/mol. The van der Waals surface area contributed by atoms with Crippen LogP contribution in [0.2, 0.25) is 0 Å². The van der Waals surface area contributed by atoms with Gasteiger partial charge in [-0.15, -0.1) is 0 Å². The van der Waals surface area contributed by atoms with Crippen LogP contribution in [-0.4, -0.2) is 25.9 Å². The van der Waals surface area contributed by atoms with E-state index in [9.17, 15) is 13.2 Å². The predicted octanol–water partition coefficient (Wildman–Crippen LogP) is 1.49. The van der Waals surface area contributed by atoms with E-state index < -0.39 is 10.0 Å². The normalized spacial score (nSPS) is 11.4. The largest absolute Gasteiger partial charge is 0.347 e. The fourth-order valence-electron chi connectivity index (χ4n) is 1.97. The summed E-state index contributed by atoms with van der Waals surface area (Å²) in [5.41, 5.74) is 1.54. The highest BCUT2D eigenvalue weighted by atomic mass is 32.2. The number of carbonyl (C=O) groups excluding carboxylic acids is 1. The summed E-state index contributed by atoms with van der Waals surface area (Å²) in [6.45, 7) is 1.70. The summed E-state index contributed by atoms with van der Waals surface area (Å²) in [5.74, 6) is -0.292. The molecule has 2 N–H and O–H groups in total. The molecule has 0 radical (unpaired) electrons. The van der Waals surface area contributed by atoms with Crippen LogP contribution in [0, 0.1) is 6.92 Å². The Morgan fingerprint density at radius 1 is 1.24 bits per heavy atom. The number of benzene rings is 1. The summed E-state index contributed by atoms with van der Waals surface area (Å²) < 4.78 is 27.8. The minimum absolute atomic E-state index is 0.148. The van der Waals surface area contributed by atoms with Crippen molar-refractivity contribution in [3.8, 4) is 0 Å². The highest BCUT2D eigenvalue weighted by Crippen LogP contribution is 2.20. The van der Waals surface area contributed by atoms with Gasteiger partial charge in [-0.25, -0.2) is 13.1 Å². The summed E-state index contributed by atoms with van der Waals surface area (Å²) >= 11 is 0. The van der Waals surface area contributed by atoms with E-state index in [1.54, 1.807) is 49.0 Å². The van der Waals surface area contributed by atoms with Crippen LogP contribution in [0.15, 0.2) is 41.4 Å². The average Bonchev–Trinajstić information content (AvgIpc) is 2.87. The molecule has 0 saturated heterocycles. The van der Waals surface area contributed by atoms with E-state index in [1.165, 1.54) is 13.1 Å². The Bertz CT molecular complexity index is 779. The van der Waals surface area contributed by atoms with Gasteiger partial charge in [-0.2, -0.15) is 0 Å². The Morgan fingerprint density at radius 3 is 2.52 bits per heavy atom. The number of carbonyl (C=O) groups is 1. The first kappa shape index (κ1) is 15.3. The van der Waals surface area contributed by atoms with Crippen LogP contribution >= 0.6 is 0 Å². The summed E-state index contributed by atoms with van der Waals surface area (Å²) in [7, 11) is -0.440. The molecule has 7 heteroatoms. The maximum absolute atomic E-state index is 12.1. The number of rotatable bonds is 4. The molecule has 0 atom stereocenters. The van der Waals surface area contributed by atoms with Gasteiger partial charge in [0.1, 0.15) is 5.69 Å². The molecule has 21 heavy (non-hydrogen) atoms. The molecule has 0 aliphatic heterocycles. The second-order valence-corrected chi connectivity index (χ2v) is 6.50. The van der Waals surface area contributed by atoms with Crippen LogP contribution in [0.3, 0.4) is 0 Å². The fraction of sp³-hybridized carbons (Fsp3) is 0.214. The van der Waals surface area contributed by atoms with Crippen molar-refractivity contribution in [2.45, 2.75) is 11.8 Å². The highest BCUT2D eigenvalue weighted by Gasteiger charge is 2.16. The number of aromatic nitrogens is 1. The first-order chi connectivity index (χ1) is 9.85. The lowest BCUT2D eigenvalue weighted by atomic mass is 10.2. The number of aryl methyl sites for hydroxylation is 2. The minimum atomic E-state index is -3.56. The van der Waals surface area contributed by atoms with Crippen molar-refractivity contribution in [2.75, 3.05) is 12.4 Å². The number of sulfonamides is 1. The SMILES string of the molecule is CNS(=O)(=O)c1cc(NC(=O)c2cccn2C)ccc1C. The van der Waals surface area contributed by atoms with Crippen molar-refractivity contribution in [2.24, 2.45) is 7.05 Å². The standard InChI is InChI=1S/C14H17N3O3S/c1-10-6-7-11(9-13(10)21(19,20)15-2)16-14(18)12-5-4-8-17(12)3/h4-9,15H,1-3H3,(H,16,18). The van der Waals surface area contributed by atoms with Gasteiger partial charge in [-0.3, -0.25) is 4.79 Å². The number of nitrogens with zero attached hydrogens (tertiary/aromatic N) is 1. The van der Waals surface area contributed by atoms with Crippen molar-refractivity contribution in [1.29, 1.82) is 0 Å². The lowest BCUT2D eigenvalue weighted by Gasteiger charge is -2.10. The van der Waals surface area contributed by atoms with Gasteiger partial charge in [0, 0.05) is 18.9 Å². The molecule has 6 nitrogen and oxygen atoms in total. The van der Waals surface area contributed by atoms with Crippen LogP contribution in [0.1, 0.15) is 16.1 Å². The van der Waals surface area contributed by atoms with Gasteiger partial charge in [-0.05, 0) is 43.8 Å². The quantitative estimate of drug-likeness (QED) is 0.898. The molecule has 1 aromatic carbocycles. The molecule has 1 amide bonds. The molecule has 0 spiro atoms. The van der Waals surface area contributed by atoms with E-state index in [2.05, 4.69) is 10.0 Å². The third kappa shape index (κ3) is 3.14. The van der Waals surface area contributed by atoms with Crippen molar-refractivity contribution < 1.29 is 13.2 Å². The van der Waals surface area contributed by atoms with E-state index in [0.717, 1.165) is 0 Å². The number of hydrogen-bond donors (Lipinski definition) is 2. The molecule has 2 rings (SSSR count). The van der Waals surface area contributed by atoms with E-state index in [1.807, 2.05) is 0 Å². The topological polar surface area (TPSA) is 80.2 Å². The van der Waals surface area contributed by atoms with Crippen molar-refractivity contribution >= 4 is 21.6 Å². The summed E-state index contributed by atoms with van der Waals surface area (Å²) in [4.78, 5) is 12.3. The third-order valence-electron chi connectivity index (χ3n) is 3.18. The zero-order valence-electron chi connectivity index (χ0n) is 12.0. The summed E-state index contributed by atoms with van der Waals surface area (Å²) in [5, 5.41) is 2.70. The number of nitrogens with one attached hydrogen (secondary N) is 2. The van der Waals surface area contributed by atoms with Crippen molar-refractivity contribution in [3.63, 3.8) is 0 Å². The van der Waals surface area contributed by atoms with Gasteiger partial charge in [0.25, 0.3) is 5.91 Å². The maximum atomic E-state index is 12.1. The zero-order valence-corrected chi connectivity index (χ0v) is 12.9. The molecule has 0 bridgehead atoms. The fourth-order valence-corrected chi connectivity index (χ4v) is 2.96. The van der Waals surface area contributed by atoms with Gasteiger partial charge in [0.05, 0.1) is 4.90 Å². The lowest BCUT2D eigenvalue weighted by Crippen LogP contribution is -2.20. The molecular formula is C14H17N3O3S. The number of amides is 1. The average molecular weight is 307 g/mol.